The highest BCUT2D eigenvalue weighted by atomic mass is 32.2. The summed E-state index contributed by atoms with van der Waals surface area (Å²) in [4.78, 5) is 24.6. The number of halogens is 6. The Morgan fingerprint density at radius 3 is 1.88 bits per heavy atom. The number of rotatable bonds is 7. The first-order valence-corrected chi connectivity index (χ1v) is 14.2. The van der Waals surface area contributed by atoms with E-state index in [1.807, 2.05) is 0 Å². The van der Waals surface area contributed by atoms with Crippen LogP contribution in [0, 0.1) is 23.7 Å². The molecule has 4 aliphatic carbocycles. The lowest BCUT2D eigenvalue weighted by Crippen LogP contribution is -2.57. The minimum absolute atomic E-state index is 0.101. The van der Waals surface area contributed by atoms with Crippen molar-refractivity contribution in [1.29, 1.82) is 0 Å². The molecule has 0 aromatic heterocycles. The Bertz CT molecular complexity index is 1220. The lowest BCUT2D eigenvalue weighted by Gasteiger charge is -2.47. The van der Waals surface area contributed by atoms with Gasteiger partial charge in [0.25, 0.3) is 15.7 Å². The van der Waals surface area contributed by atoms with Crippen molar-refractivity contribution in [3.63, 3.8) is 0 Å². The number of alkyl halides is 6. The van der Waals surface area contributed by atoms with Crippen LogP contribution in [0.15, 0.2) is 23.1 Å². The number of hydrogen-bond acceptors (Lipinski definition) is 7. The van der Waals surface area contributed by atoms with Crippen molar-refractivity contribution >= 4 is 22.1 Å². The van der Waals surface area contributed by atoms with Crippen LogP contribution in [0.25, 0.3) is 0 Å². The number of carbonyl (C=O) groups is 2. The summed E-state index contributed by atoms with van der Waals surface area (Å²) in [6.07, 6.45) is -8.19. The number of ether oxygens (including phenoxy) is 2. The fourth-order valence-corrected chi connectivity index (χ4v) is 6.93. The van der Waals surface area contributed by atoms with E-state index < -0.39 is 75.2 Å². The third-order valence-corrected chi connectivity index (χ3v) is 9.06. The van der Waals surface area contributed by atoms with Gasteiger partial charge in [-0.05, 0) is 86.8 Å². The van der Waals surface area contributed by atoms with E-state index in [0.717, 1.165) is 50.7 Å². The van der Waals surface area contributed by atoms with Crippen LogP contribution in [-0.2, 0) is 19.6 Å². The molecule has 4 saturated carbocycles. The topological polar surface area (TPSA) is 127 Å². The number of carbonyl (C=O) groups excluding carboxylic acids is 2. The van der Waals surface area contributed by atoms with Crippen LogP contribution in [-0.4, -0.2) is 60.7 Å². The minimum Gasteiger partial charge on any atom is -0.462 e. The second kappa shape index (κ2) is 10.8. The Morgan fingerprint density at radius 1 is 0.825 bits per heavy atom. The predicted octanol–water partition coefficient (Wildman–Crippen LogP) is 5.10. The van der Waals surface area contributed by atoms with Crippen LogP contribution in [0.3, 0.4) is 0 Å². The Labute approximate surface area is 225 Å². The molecule has 15 heteroatoms. The maximum atomic E-state index is 13.1. The molecule has 1 aromatic rings. The Kier molecular flexibility index (Phi) is 8.24. The van der Waals surface area contributed by atoms with Crippen molar-refractivity contribution in [2.75, 3.05) is 6.61 Å². The van der Waals surface area contributed by atoms with E-state index in [-0.39, 0.29) is 5.92 Å². The molecule has 4 fully saturated rings. The Morgan fingerprint density at radius 2 is 1.35 bits per heavy atom. The quantitative estimate of drug-likeness (QED) is 0.251. The summed E-state index contributed by atoms with van der Waals surface area (Å²) in [6, 6.07) is 2.09. The Balaban J connectivity index is 1.51. The smallest absolute Gasteiger partial charge is 0.426 e. The van der Waals surface area contributed by atoms with Gasteiger partial charge in [0.2, 0.25) is 0 Å². The summed E-state index contributed by atoms with van der Waals surface area (Å²) in [6.45, 7) is -1.56. The first-order chi connectivity index (χ1) is 18.4. The molecule has 224 valence electrons. The zero-order chi connectivity index (χ0) is 29.7. The first kappa shape index (κ1) is 30.6. The lowest BCUT2D eigenvalue weighted by molar-refractivity contribution is -0.371. The molecule has 0 spiro atoms. The van der Waals surface area contributed by atoms with Crippen molar-refractivity contribution in [1.82, 2.24) is 0 Å². The third kappa shape index (κ3) is 6.40. The highest BCUT2D eigenvalue weighted by Crippen LogP contribution is 2.50. The van der Waals surface area contributed by atoms with E-state index in [9.17, 15) is 54.0 Å². The molecule has 4 aliphatic rings. The van der Waals surface area contributed by atoms with Crippen molar-refractivity contribution in [3.05, 3.63) is 29.3 Å². The van der Waals surface area contributed by atoms with Gasteiger partial charge < -0.3 is 14.6 Å². The van der Waals surface area contributed by atoms with E-state index in [2.05, 4.69) is 4.74 Å². The maximum Gasteiger partial charge on any atom is 0.426 e. The SMILES string of the molecule is O=C(OCCC(O)(C(F)(F)F)C(F)(F)F)c1cc(C(=O)OC2CCC3CC4CC(C3)CC2C4)cc(S(=O)(=O)O)c1. The fourth-order valence-electron chi connectivity index (χ4n) is 6.38. The average molecular weight is 603 g/mol. The van der Waals surface area contributed by atoms with Crippen LogP contribution in [0.4, 0.5) is 26.3 Å². The number of esters is 2. The first-order valence-electron chi connectivity index (χ1n) is 12.7. The van der Waals surface area contributed by atoms with Crippen LogP contribution < -0.4 is 0 Å². The number of hydrogen-bond donors (Lipinski definition) is 2. The normalized spacial score (nSPS) is 27.1. The maximum absolute atomic E-state index is 13.1. The van der Waals surface area contributed by atoms with E-state index >= 15 is 0 Å². The average Bonchev–Trinajstić information content (AvgIpc) is 2.82. The van der Waals surface area contributed by atoms with Gasteiger partial charge in [0.1, 0.15) is 6.10 Å². The van der Waals surface area contributed by atoms with E-state index in [0.29, 0.717) is 30.2 Å². The molecule has 4 bridgehead atoms. The molecule has 2 N–H and O–H groups in total. The molecule has 0 saturated heterocycles. The van der Waals surface area contributed by atoms with Crippen LogP contribution in [0.1, 0.15) is 72.1 Å². The van der Waals surface area contributed by atoms with Gasteiger partial charge in [-0.15, -0.1) is 0 Å². The summed E-state index contributed by atoms with van der Waals surface area (Å²) >= 11 is 0. The van der Waals surface area contributed by atoms with Crippen LogP contribution >= 0.6 is 0 Å². The van der Waals surface area contributed by atoms with Crippen molar-refractivity contribution in [2.45, 2.75) is 80.3 Å². The van der Waals surface area contributed by atoms with Gasteiger partial charge in [0, 0.05) is 6.42 Å². The minimum atomic E-state index is -6.13. The van der Waals surface area contributed by atoms with Crippen LogP contribution in [0.5, 0.6) is 0 Å². The molecule has 0 radical (unpaired) electrons. The van der Waals surface area contributed by atoms with Gasteiger partial charge >= 0.3 is 24.3 Å². The lowest BCUT2D eigenvalue weighted by atomic mass is 9.60. The van der Waals surface area contributed by atoms with Gasteiger partial charge in [0.15, 0.2) is 0 Å². The van der Waals surface area contributed by atoms with Gasteiger partial charge in [0.05, 0.1) is 22.6 Å². The van der Waals surface area contributed by atoms with Crippen molar-refractivity contribution in [3.8, 4) is 0 Å². The summed E-state index contributed by atoms with van der Waals surface area (Å²) in [5.74, 6) is -0.884. The van der Waals surface area contributed by atoms with Crippen LogP contribution in [0.2, 0.25) is 0 Å². The zero-order valence-corrected chi connectivity index (χ0v) is 21.8. The largest absolute Gasteiger partial charge is 0.462 e. The summed E-state index contributed by atoms with van der Waals surface area (Å²) in [7, 11) is -5.01. The highest BCUT2D eigenvalue weighted by molar-refractivity contribution is 7.85. The van der Waals surface area contributed by atoms with Gasteiger partial charge in [-0.3, -0.25) is 4.55 Å². The highest BCUT2D eigenvalue weighted by Gasteiger charge is 2.70. The molecule has 1 aromatic carbocycles. The molecule has 40 heavy (non-hydrogen) atoms. The molecule has 3 atom stereocenters. The van der Waals surface area contributed by atoms with E-state index in [4.69, 9.17) is 4.74 Å². The fraction of sp³-hybridized carbons (Fsp3) is 0.680. The molecular weight excluding hydrogens is 574 g/mol. The summed E-state index contributed by atoms with van der Waals surface area (Å²) < 4.78 is 120. The van der Waals surface area contributed by atoms with Crippen molar-refractivity contribution < 1.29 is 63.5 Å². The molecule has 8 nitrogen and oxygen atoms in total. The summed E-state index contributed by atoms with van der Waals surface area (Å²) in [5.41, 5.74) is -6.40. The number of aliphatic hydroxyl groups is 1. The van der Waals surface area contributed by atoms with Gasteiger partial charge in [-0.25, -0.2) is 9.59 Å². The standard InChI is InChI=1S/C25H28F6O8S/c26-24(27,28)23(34,25(29,30)31)3-4-38-21(32)17-10-18(12-19(11-17)40(35,36)37)22(33)39-20-2-1-13-5-14-7-15(6-13)9-16(20)8-14/h10-16,20,34H,1-9H2,(H,35,36,37). The van der Waals surface area contributed by atoms with E-state index in [1.54, 1.807) is 0 Å². The van der Waals surface area contributed by atoms with Crippen molar-refractivity contribution in [2.24, 2.45) is 23.7 Å². The molecule has 3 unspecified atom stereocenters. The molecule has 0 amide bonds. The molecule has 5 rings (SSSR count). The predicted molar refractivity (Wildman–Crippen MR) is 124 cm³/mol. The second-order valence-corrected chi connectivity index (χ2v) is 12.4. The molecule has 0 aliphatic heterocycles. The van der Waals surface area contributed by atoms with Gasteiger partial charge in [-0.1, -0.05) is 0 Å². The third-order valence-electron chi connectivity index (χ3n) is 8.23. The van der Waals surface area contributed by atoms with Gasteiger partial charge in [-0.2, -0.15) is 34.8 Å². The Hall–Kier alpha value is -2.39. The monoisotopic (exact) mass is 602 g/mol. The molecular formula is C25H28F6O8S. The van der Waals surface area contributed by atoms with E-state index in [1.165, 1.54) is 0 Å². The second-order valence-electron chi connectivity index (χ2n) is 11.0. The summed E-state index contributed by atoms with van der Waals surface area (Å²) in [5, 5.41) is 9.20. The zero-order valence-electron chi connectivity index (χ0n) is 21.0. The molecule has 0 heterocycles. The number of fused-ring (bicyclic) bond motifs is 2. The number of benzene rings is 1.